The molecule has 2 nitrogen and oxygen atoms in total. The molecule has 0 unspecified atom stereocenters. The van der Waals surface area contributed by atoms with Crippen molar-refractivity contribution in [3.05, 3.63) is 0 Å². The van der Waals surface area contributed by atoms with Gasteiger partial charge < -0.3 is 10.2 Å². The van der Waals surface area contributed by atoms with Gasteiger partial charge in [-0.2, -0.15) is 0 Å². The van der Waals surface area contributed by atoms with E-state index in [1.165, 1.54) is 90.3 Å². The fourth-order valence-electron chi connectivity index (χ4n) is 4.61. The molecule has 0 saturated heterocycles. The van der Waals surface area contributed by atoms with Gasteiger partial charge in [-0.1, -0.05) is 32.1 Å². The summed E-state index contributed by atoms with van der Waals surface area (Å²) < 4.78 is 0. The largest absolute Gasteiger partial charge is 0.313 e. The van der Waals surface area contributed by atoms with Crippen LogP contribution in [0.2, 0.25) is 0 Å². The summed E-state index contributed by atoms with van der Waals surface area (Å²) >= 11 is 0. The zero-order valence-electron chi connectivity index (χ0n) is 13.5. The average molecular weight is 278 g/mol. The van der Waals surface area contributed by atoms with Gasteiger partial charge in [0.25, 0.3) is 0 Å². The highest BCUT2D eigenvalue weighted by Gasteiger charge is 2.36. The number of nitrogens with one attached hydrogen (secondary N) is 1. The third kappa shape index (κ3) is 4.21. The van der Waals surface area contributed by atoms with Crippen molar-refractivity contribution in [2.75, 3.05) is 26.7 Å². The molecule has 3 aliphatic carbocycles. The quantitative estimate of drug-likeness (QED) is 0.762. The Bertz CT molecular complexity index is 286. The van der Waals surface area contributed by atoms with Crippen molar-refractivity contribution in [1.29, 1.82) is 0 Å². The van der Waals surface area contributed by atoms with Crippen LogP contribution in [0.4, 0.5) is 0 Å². The fraction of sp³-hybridized carbons (Fsp3) is 1.00. The Morgan fingerprint density at radius 1 is 0.950 bits per heavy atom. The van der Waals surface area contributed by atoms with Crippen LogP contribution in [0.25, 0.3) is 0 Å². The van der Waals surface area contributed by atoms with Crippen LogP contribution < -0.4 is 5.32 Å². The molecule has 0 aromatic rings. The molecular weight excluding hydrogens is 244 g/mol. The number of hydrogen-bond acceptors (Lipinski definition) is 2. The molecular formula is C18H34N2. The monoisotopic (exact) mass is 278 g/mol. The van der Waals surface area contributed by atoms with E-state index in [1.54, 1.807) is 0 Å². The maximum Gasteiger partial charge on any atom is 0.00684 e. The van der Waals surface area contributed by atoms with Crippen LogP contribution in [0.5, 0.6) is 0 Å². The summed E-state index contributed by atoms with van der Waals surface area (Å²) in [6, 6.07) is 0.871. The van der Waals surface area contributed by atoms with Gasteiger partial charge in [0.15, 0.2) is 0 Å². The third-order valence-corrected chi connectivity index (χ3v) is 5.91. The van der Waals surface area contributed by atoms with E-state index in [4.69, 9.17) is 0 Å². The topological polar surface area (TPSA) is 15.3 Å². The summed E-state index contributed by atoms with van der Waals surface area (Å²) in [6.07, 6.45) is 16.1. The molecule has 3 rings (SSSR count). The lowest BCUT2D eigenvalue weighted by Crippen LogP contribution is -2.43. The molecule has 3 fully saturated rings. The van der Waals surface area contributed by atoms with Crippen LogP contribution in [0.15, 0.2) is 0 Å². The Morgan fingerprint density at radius 2 is 1.65 bits per heavy atom. The second kappa shape index (κ2) is 6.79. The van der Waals surface area contributed by atoms with Gasteiger partial charge in [-0.05, 0) is 56.9 Å². The zero-order chi connectivity index (χ0) is 13.8. The van der Waals surface area contributed by atoms with Gasteiger partial charge >= 0.3 is 0 Å². The second-order valence-corrected chi connectivity index (χ2v) is 8.06. The van der Waals surface area contributed by atoms with E-state index in [0.29, 0.717) is 5.41 Å². The molecule has 0 atom stereocenters. The van der Waals surface area contributed by atoms with Crippen LogP contribution in [-0.2, 0) is 0 Å². The first-order valence-electron chi connectivity index (χ1n) is 9.18. The predicted molar refractivity (Wildman–Crippen MR) is 86.0 cm³/mol. The van der Waals surface area contributed by atoms with Crippen molar-refractivity contribution in [2.45, 2.75) is 76.7 Å². The lowest BCUT2D eigenvalue weighted by molar-refractivity contribution is 0.144. The number of hydrogen-bond donors (Lipinski definition) is 1. The molecule has 116 valence electrons. The molecule has 0 aliphatic heterocycles. The van der Waals surface area contributed by atoms with Crippen LogP contribution in [0, 0.1) is 11.3 Å². The minimum atomic E-state index is 0.603. The molecule has 3 saturated carbocycles. The molecule has 20 heavy (non-hydrogen) atoms. The van der Waals surface area contributed by atoms with Gasteiger partial charge in [0, 0.05) is 25.7 Å². The Morgan fingerprint density at radius 3 is 2.30 bits per heavy atom. The maximum atomic E-state index is 3.82. The van der Waals surface area contributed by atoms with Gasteiger partial charge in [-0.25, -0.2) is 0 Å². The van der Waals surface area contributed by atoms with E-state index in [0.717, 1.165) is 12.0 Å². The van der Waals surface area contributed by atoms with Crippen molar-refractivity contribution in [1.82, 2.24) is 10.2 Å². The first kappa shape index (κ1) is 14.8. The van der Waals surface area contributed by atoms with E-state index in [-0.39, 0.29) is 0 Å². The first-order valence-corrected chi connectivity index (χ1v) is 9.18. The smallest absolute Gasteiger partial charge is 0.00684 e. The summed E-state index contributed by atoms with van der Waals surface area (Å²) in [6.45, 7) is 3.97. The molecule has 0 amide bonds. The minimum absolute atomic E-state index is 0.603. The highest BCUT2D eigenvalue weighted by atomic mass is 15.1. The molecule has 1 N–H and O–H groups in total. The fourth-order valence-corrected chi connectivity index (χ4v) is 4.61. The summed E-state index contributed by atoms with van der Waals surface area (Å²) in [5, 5.41) is 3.82. The van der Waals surface area contributed by atoms with Gasteiger partial charge in [0.05, 0.1) is 0 Å². The van der Waals surface area contributed by atoms with Gasteiger partial charge in [-0.15, -0.1) is 0 Å². The number of nitrogens with zero attached hydrogens (tertiary/aromatic N) is 1. The average Bonchev–Trinajstić information content (AvgIpc) is 3.18. The van der Waals surface area contributed by atoms with Crippen molar-refractivity contribution in [3.63, 3.8) is 0 Å². The Balaban J connectivity index is 1.46. The number of rotatable bonds is 7. The zero-order valence-corrected chi connectivity index (χ0v) is 13.5. The van der Waals surface area contributed by atoms with E-state index in [9.17, 15) is 0 Å². The van der Waals surface area contributed by atoms with Crippen LogP contribution in [0.3, 0.4) is 0 Å². The van der Waals surface area contributed by atoms with Gasteiger partial charge in [0.2, 0.25) is 0 Å². The summed E-state index contributed by atoms with van der Waals surface area (Å²) in [7, 11) is 2.38. The molecule has 0 spiro atoms. The summed E-state index contributed by atoms with van der Waals surface area (Å²) in [4.78, 5) is 2.68. The van der Waals surface area contributed by atoms with E-state index >= 15 is 0 Å². The van der Waals surface area contributed by atoms with Crippen LogP contribution in [0.1, 0.15) is 70.6 Å². The minimum Gasteiger partial charge on any atom is -0.313 e. The van der Waals surface area contributed by atoms with Crippen molar-refractivity contribution in [2.24, 2.45) is 11.3 Å². The Labute approximate surface area is 125 Å². The molecule has 0 bridgehead atoms. The maximum absolute atomic E-state index is 3.82. The van der Waals surface area contributed by atoms with E-state index in [1.807, 2.05) is 0 Å². The van der Waals surface area contributed by atoms with Crippen molar-refractivity contribution in [3.8, 4) is 0 Å². The Hall–Kier alpha value is -0.0800. The standard InChI is InChI=1S/C18H34N2/c1-20(13-16-7-3-2-4-8-16)15-18(11-5-6-12-18)14-19-17-9-10-17/h16-17,19H,2-15H2,1H3. The van der Waals surface area contributed by atoms with Gasteiger partial charge in [0.1, 0.15) is 0 Å². The van der Waals surface area contributed by atoms with Gasteiger partial charge in [-0.3, -0.25) is 0 Å². The summed E-state index contributed by atoms with van der Waals surface area (Å²) in [5.41, 5.74) is 0.603. The lowest BCUT2D eigenvalue weighted by atomic mass is 9.84. The second-order valence-electron chi connectivity index (χ2n) is 8.06. The SMILES string of the molecule is CN(CC1CCCCC1)CC1(CNC2CC2)CCCC1. The van der Waals surface area contributed by atoms with E-state index in [2.05, 4.69) is 17.3 Å². The normalized spacial score (nSPS) is 27.3. The first-order chi connectivity index (χ1) is 9.76. The molecule has 0 aromatic heterocycles. The molecule has 2 heteroatoms. The summed E-state index contributed by atoms with van der Waals surface area (Å²) in [5.74, 6) is 0.989. The molecule has 0 heterocycles. The molecule has 0 radical (unpaired) electrons. The van der Waals surface area contributed by atoms with Crippen molar-refractivity contribution < 1.29 is 0 Å². The molecule has 3 aliphatic rings. The van der Waals surface area contributed by atoms with Crippen LogP contribution >= 0.6 is 0 Å². The molecule has 0 aromatic carbocycles. The highest BCUT2D eigenvalue weighted by Crippen LogP contribution is 2.39. The highest BCUT2D eigenvalue weighted by molar-refractivity contribution is 4.92. The van der Waals surface area contributed by atoms with E-state index < -0.39 is 0 Å². The lowest BCUT2D eigenvalue weighted by Gasteiger charge is -2.36. The Kier molecular flexibility index (Phi) is 5.04. The van der Waals surface area contributed by atoms with Crippen LogP contribution in [-0.4, -0.2) is 37.6 Å². The third-order valence-electron chi connectivity index (χ3n) is 5.91. The predicted octanol–water partition coefficient (Wildman–Crippen LogP) is 3.81. The van der Waals surface area contributed by atoms with Crippen molar-refractivity contribution >= 4 is 0 Å².